The van der Waals surface area contributed by atoms with E-state index in [9.17, 15) is 27.9 Å². The van der Waals surface area contributed by atoms with Crippen molar-refractivity contribution >= 4 is 29.0 Å². The molecule has 0 spiro atoms. The van der Waals surface area contributed by atoms with Gasteiger partial charge in [-0.2, -0.15) is 18.4 Å². The number of phenolic OH excluding ortho intramolecular Hbond substituents is 1. The molecule has 0 atom stereocenters. The van der Waals surface area contributed by atoms with Crippen molar-refractivity contribution in [2.45, 2.75) is 6.18 Å². The Balaban J connectivity index is 1.86. The molecule has 1 saturated heterocycles. The molecule has 0 radical (unpaired) electrons. The van der Waals surface area contributed by atoms with Crippen LogP contribution in [0.4, 0.5) is 18.0 Å². The van der Waals surface area contributed by atoms with Gasteiger partial charge in [0, 0.05) is 0 Å². The quantitative estimate of drug-likeness (QED) is 0.733. The Morgan fingerprint density at radius 3 is 2.43 bits per heavy atom. The van der Waals surface area contributed by atoms with Crippen molar-refractivity contribution in [2.75, 3.05) is 0 Å². The predicted molar refractivity (Wildman–Crippen MR) is 93.4 cm³/mol. The smallest absolute Gasteiger partial charge is 0.416 e. The SMILES string of the molecule is N#Cc1cc(C(F)(F)F)ccc1Oc1ccc(/C=C2\SC(=O)NC2=O)cc1O. The summed E-state index contributed by atoms with van der Waals surface area (Å²) in [6, 6.07) is 8.05. The largest absolute Gasteiger partial charge is 0.504 e. The first-order chi connectivity index (χ1) is 13.2. The highest BCUT2D eigenvalue weighted by atomic mass is 32.2. The van der Waals surface area contributed by atoms with Crippen LogP contribution < -0.4 is 10.1 Å². The third-order valence-corrected chi connectivity index (χ3v) is 4.38. The maximum atomic E-state index is 12.7. The van der Waals surface area contributed by atoms with E-state index in [1.165, 1.54) is 24.3 Å². The minimum atomic E-state index is -4.60. The van der Waals surface area contributed by atoms with Crippen molar-refractivity contribution < 1.29 is 32.6 Å². The molecule has 0 bridgehead atoms. The Labute approximate surface area is 160 Å². The number of thioether (sulfide) groups is 1. The van der Waals surface area contributed by atoms with Crippen LogP contribution in [0.25, 0.3) is 6.08 Å². The third-order valence-electron chi connectivity index (χ3n) is 3.57. The molecule has 2 aromatic rings. The number of hydrogen-bond acceptors (Lipinski definition) is 6. The lowest BCUT2D eigenvalue weighted by Crippen LogP contribution is -2.17. The van der Waals surface area contributed by atoms with E-state index < -0.39 is 22.9 Å². The summed E-state index contributed by atoms with van der Waals surface area (Å²) >= 11 is 0.710. The van der Waals surface area contributed by atoms with Gasteiger partial charge in [0.1, 0.15) is 11.8 Å². The number of nitriles is 1. The van der Waals surface area contributed by atoms with Crippen LogP contribution in [0.1, 0.15) is 16.7 Å². The Morgan fingerprint density at radius 1 is 1.14 bits per heavy atom. The van der Waals surface area contributed by atoms with Gasteiger partial charge in [-0.05, 0) is 53.7 Å². The van der Waals surface area contributed by atoms with Crippen LogP contribution in [0.3, 0.4) is 0 Å². The molecule has 28 heavy (non-hydrogen) atoms. The number of rotatable bonds is 3. The van der Waals surface area contributed by atoms with Crippen molar-refractivity contribution in [3.05, 3.63) is 58.0 Å². The van der Waals surface area contributed by atoms with Crippen molar-refractivity contribution in [1.82, 2.24) is 5.32 Å². The second-order valence-corrected chi connectivity index (χ2v) is 6.52. The number of nitrogens with one attached hydrogen (secondary N) is 1. The monoisotopic (exact) mass is 406 g/mol. The molecule has 0 aromatic heterocycles. The number of phenols is 1. The topological polar surface area (TPSA) is 99.4 Å². The fourth-order valence-electron chi connectivity index (χ4n) is 2.28. The summed E-state index contributed by atoms with van der Waals surface area (Å²) in [6.45, 7) is 0. The second-order valence-electron chi connectivity index (χ2n) is 5.50. The van der Waals surface area contributed by atoms with E-state index in [2.05, 4.69) is 5.32 Å². The lowest BCUT2D eigenvalue weighted by Gasteiger charge is -2.12. The van der Waals surface area contributed by atoms with Gasteiger partial charge in [0.25, 0.3) is 11.1 Å². The number of aromatic hydroxyl groups is 1. The Hall–Kier alpha value is -3.45. The Kier molecular flexibility index (Phi) is 5.02. The first-order valence-corrected chi connectivity index (χ1v) is 8.36. The molecule has 1 aliphatic rings. The molecule has 10 heteroatoms. The van der Waals surface area contributed by atoms with E-state index in [4.69, 9.17) is 10.00 Å². The van der Waals surface area contributed by atoms with Gasteiger partial charge in [0.2, 0.25) is 0 Å². The average Bonchev–Trinajstić information content (AvgIpc) is 2.93. The van der Waals surface area contributed by atoms with Crippen LogP contribution >= 0.6 is 11.8 Å². The maximum Gasteiger partial charge on any atom is 0.416 e. The number of nitrogens with zero attached hydrogens (tertiary/aromatic N) is 1. The fourth-order valence-corrected chi connectivity index (χ4v) is 2.97. The number of alkyl halides is 3. The number of halogens is 3. The van der Waals surface area contributed by atoms with Crippen LogP contribution in [0, 0.1) is 11.3 Å². The van der Waals surface area contributed by atoms with Crippen LogP contribution in [0.2, 0.25) is 0 Å². The first-order valence-electron chi connectivity index (χ1n) is 7.54. The Bertz CT molecular complexity index is 1060. The van der Waals surface area contributed by atoms with Gasteiger partial charge < -0.3 is 9.84 Å². The summed E-state index contributed by atoms with van der Waals surface area (Å²) < 4.78 is 43.6. The molecule has 2 N–H and O–H groups in total. The van der Waals surface area contributed by atoms with Crippen LogP contribution in [0.5, 0.6) is 17.2 Å². The fraction of sp³-hybridized carbons (Fsp3) is 0.0556. The van der Waals surface area contributed by atoms with Crippen molar-refractivity contribution in [1.29, 1.82) is 5.26 Å². The van der Waals surface area contributed by atoms with Crippen LogP contribution in [0.15, 0.2) is 41.3 Å². The molecule has 2 amide bonds. The summed E-state index contributed by atoms with van der Waals surface area (Å²) in [5.74, 6) is -1.18. The highest BCUT2D eigenvalue weighted by molar-refractivity contribution is 8.18. The van der Waals surface area contributed by atoms with E-state index >= 15 is 0 Å². The zero-order chi connectivity index (χ0) is 20.5. The summed E-state index contributed by atoms with van der Waals surface area (Å²) in [7, 11) is 0. The normalized spacial score (nSPS) is 15.4. The lowest BCUT2D eigenvalue weighted by molar-refractivity contribution is -0.137. The highest BCUT2D eigenvalue weighted by Crippen LogP contribution is 2.37. The number of imide groups is 1. The van der Waals surface area contributed by atoms with Gasteiger partial charge in [-0.15, -0.1) is 0 Å². The van der Waals surface area contributed by atoms with E-state index in [-0.39, 0.29) is 27.7 Å². The van der Waals surface area contributed by atoms with Crippen molar-refractivity contribution in [2.24, 2.45) is 0 Å². The molecule has 1 heterocycles. The summed E-state index contributed by atoms with van der Waals surface area (Å²) in [5, 5.41) is 20.8. The number of benzene rings is 2. The molecule has 2 aromatic carbocycles. The zero-order valence-electron chi connectivity index (χ0n) is 13.7. The van der Waals surface area contributed by atoms with E-state index in [0.717, 1.165) is 12.1 Å². The summed E-state index contributed by atoms with van der Waals surface area (Å²) in [6.07, 6.45) is -3.22. The zero-order valence-corrected chi connectivity index (χ0v) is 14.5. The first kappa shape index (κ1) is 19.3. The summed E-state index contributed by atoms with van der Waals surface area (Å²) in [4.78, 5) is 22.8. The standard InChI is InChI=1S/C18H9F3N2O4S/c19-18(20,21)11-2-4-13(10(7-11)8-22)27-14-3-1-9(5-12(14)24)6-15-16(25)23-17(26)28-15/h1-7,24H,(H,23,25,26)/b15-6-. The molecule has 3 rings (SSSR count). The molecule has 142 valence electrons. The van der Waals surface area contributed by atoms with Gasteiger partial charge in [0.05, 0.1) is 16.0 Å². The van der Waals surface area contributed by atoms with Crippen molar-refractivity contribution in [3.63, 3.8) is 0 Å². The lowest BCUT2D eigenvalue weighted by atomic mass is 10.1. The second kappa shape index (κ2) is 7.28. The number of hydrogen-bond donors (Lipinski definition) is 2. The third kappa shape index (κ3) is 4.10. The number of carbonyl (C=O) groups excluding carboxylic acids is 2. The van der Waals surface area contributed by atoms with Gasteiger partial charge in [-0.25, -0.2) is 0 Å². The summed E-state index contributed by atoms with van der Waals surface area (Å²) in [5.41, 5.74) is -0.951. The van der Waals surface area contributed by atoms with Crippen LogP contribution in [-0.4, -0.2) is 16.3 Å². The van der Waals surface area contributed by atoms with Gasteiger partial charge in [-0.1, -0.05) is 6.07 Å². The van der Waals surface area contributed by atoms with Gasteiger partial charge >= 0.3 is 6.18 Å². The molecule has 0 unspecified atom stereocenters. The van der Waals surface area contributed by atoms with Gasteiger partial charge in [0.15, 0.2) is 11.5 Å². The van der Waals surface area contributed by atoms with E-state index in [1.54, 1.807) is 6.07 Å². The van der Waals surface area contributed by atoms with E-state index in [1.807, 2.05) is 0 Å². The number of amides is 2. The van der Waals surface area contributed by atoms with Crippen molar-refractivity contribution in [3.8, 4) is 23.3 Å². The maximum absolute atomic E-state index is 12.7. The molecule has 1 fully saturated rings. The average molecular weight is 406 g/mol. The predicted octanol–water partition coefficient (Wildman–Crippen LogP) is 4.40. The molecule has 0 aliphatic carbocycles. The highest BCUT2D eigenvalue weighted by Gasteiger charge is 2.31. The number of carbonyl (C=O) groups is 2. The molecule has 0 saturated carbocycles. The minimum absolute atomic E-state index is 0.0991. The van der Waals surface area contributed by atoms with Gasteiger partial charge in [-0.3, -0.25) is 14.9 Å². The Morgan fingerprint density at radius 2 is 1.86 bits per heavy atom. The minimum Gasteiger partial charge on any atom is -0.504 e. The van der Waals surface area contributed by atoms with E-state index in [0.29, 0.717) is 23.4 Å². The molecule has 1 aliphatic heterocycles. The molecule has 6 nitrogen and oxygen atoms in total. The van der Waals surface area contributed by atoms with Crippen LogP contribution in [-0.2, 0) is 11.0 Å². The molecular weight excluding hydrogens is 397 g/mol. The number of ether oxygens (including phenoxy) is 1. The molecular formula is C18H9F3N2O4S.